The van der Waals surface area contributed by atoms with Crippen LogP contribution in [0.5, 0.6) is 0 Å². The maximum atomic E-state index is 11.7. The van der Waals surface area contributed by atoms with Crippen molar-refractivity contribution in [2.45, 2.75) is 19.4 Å². The van der Waals surface area contributed by atoms with Crippen LogP contribution in [0, 0.1) is 5.92 Å². The number of nitrogens with zero attached hydrogens (tertiary/aromatic N) is 1. The van der Waals surface area contributed by atoms with Crippen molar-refractivity contribution >= 4 is 15.9 Å². The highest BCUT2D eigenvalue weighted by atomic mass is 32.2. The molecule has 2 atom stereocenters. The van der Waals surface area contributed by atoms with Crippen LogP contribution in [0.4, 0.5) is 0 Å². The molecule has 0 amide bonds. The smallest absolute Gasteiger partial charge is 0.187 e. The summed E-state index contributed by atoms with van der Waals surface area (Å²) < 4.78 is 29.9. The predicted octanol–water partition coefficient (Wildman–Crippen LogP) is 1.90. The van der Waals surface area contributed by atoms with Crippen LogP contribution in [-0.2, 0) is 10.2 Å². The Morgan fingerprint density at radius 1 is 1.39 bits per heavy atom. The average molecular weight is 264 g/mol. The minimum atomic E-state index is -3.62. The summed E-state index contributed by atoms with van der Waals surface area (Å²) in [6.07, 6.45) is 1.73. The van der Waals surface area contributed by atoms with Gasteiger partial charge in [-0.3, -0.25) is 0 Å². The van der Waals surface area contributed by atoms with Gasteiger partial charge in [0.15, 0.2) is 0 Å². The zero-order chi connectivity index (χ0) is 13.4. The molecule has 18 heavy (non-hydrogen) atoms. The van der Waals surface area contributed by atoms with E-state index in [1.54, 1.807) is 6.08 Å². The van der Waals surface area contributed by atoms with Crippen molar-refractivity contribution in [2.75, 3.05) is 0 Å². The van der Waals surface area contributed by atoms with E-state index in [1.807, 2.05) is 44.2 Å². The van der Waals surface area contributed by atoms with Gasteiger partial charge in [-0.25, -0.2) is 0 Å². The van der Waals surface area contributed by atoms with Gasteiger partial charge in [0.1, 0.15) is 0 Å². The van der Waals surface area contributed by atoms with Crippen LogP contribution in [0.2, 0.25) is 0 Å². The lowest BCUT2D eigenvalue weighted by molar-refractivity contribution is 0.452. The maximum Gasteiger partial charge on any atom is 0.320 e. The summed E-state index contributed by atoms with van der Waals surface area (Å²) in [4.78, 5) is 0. The monoisotopic (exact) mass is 264 g/mol. The highest BCUT2D eigenvalue weighted by molar-refractivity contribution is 7.88. The van der Waals surface area contributed by atoms with Crippen molar-refractivity contribution in [1.29, 1.82) is 0 Å². The van der Waals surface area contributed by atoms with Crippen molar-refractivity contribution in [3.05, 3.63) is 48.6 Å². The molecule has 0 saturated heterocycles. The summed E-state index contributed by atoms with van der Waals surface area (Å²) in [5.74, 6) is -0.0614. The normalized spacial score (nSPS) is 27.6. The SMILES string of the molecule is C=C[C@H](C)[C@]1(C)NS(=O)(=O)N=C1c1ccccc1. The van der Waals surface area contributed by atoms with Gasteiger partial charge in [-0.05, 0) is 18.4 Å². The molecule has 1 aromatic carbocycles. The van der Waals surface area contributed by atoms with Gasteiger partial charge >= 0.3 is 10.2 Å². The third-order valence-corrected chi connectivity index (χ3v) is 4.46. The number of rotatable bonds is 3. The predicted molar refractivity (Wildman–Crippen MR) is 72.8 cm³/mol. The first-order valence-electron chi connectivity index (χ1n) is 5.71. The van der Waals surface area contributed by atoms with E-state index >= 15 is 0 Å². The van der Waals surface area contributed by atoms with Gasteiger partial charge in [-0.2, -0.15) is 17.5 Å². The highest BCUT2D eigenvalue weighted by Gasteiger charge is 2.45. The molecule has 5 heteroatoms. The molecule has 1 N–H and O–H groups in total. The lowest BCUT2D eigenvalue weighted by Crippen LogP contribution is -2.50. The summed E-state index contributed by atoms with van der Waals surface area (Å²) in [6, 6.07) is 9.32. The van der Waals surface area contributed by atoms with Crippen LogP contribution in [-0.4, -0.2) is 19.7 Å². The van der Waals surface area contributed by atoms with Gasteiger partial charge in [0.05, 0.1) is 11.3 Å². The molecular weight excluding hydrogens is 248 g/mol. The third kappa shape index (κ3) is 2.11. The van der Waals surface area contributed by atoms with E-state index in [2.05, 4.69) is 15.7 Å². The van der Waals surface area contributed by atoms with Gasteiger partial charge in [0, 0.05) is 0 Å². The number of nitrogens with one attached hydrogen (secondary N) is 1. The second-order valence-corrected chi connectivity index (χ2v) is 5.95. The van der Waals surface area contributed by atoms with E-state index in [-0.39, 0.29) is 5.92 Å². The molecule has 0 spiro atoms. The van der Waals surface area contributed by atoms with Gasteiger partial charge in [-0.1, -0.05) is 43.3 Å². The lowest BCUT2D eigenvalue weighted by atomic mass is 9.81. The average Bonchev–Trinajstić information content (AvgIpc) is 2.60. The fraction of sp³-hybridized carbons (Fsp3) is 0.308. The molecule has 0 aliphatic carbocycles. The Balaban J connectivity index is 2.58. The molecule has 0 saturated carbocycles. The zero-order valence-electron chi connectivity index (χ0n) is 10.4. The van der Waals surface area contributed by atoms with Crippen LogP contribution >= 0.6 is 0 Å². The molecule has 0 fully saturated rings. The summed E-state index contributed by atoms with van der Waals surface area (Å²) in [5, 5.41) is 0. The molecule has 0 unspecified atom stereocenters. The van der Waals surface area contributed by atoms with Gasteiger partial charge in [0.25, 0.3) is 0 Å². The minimum absolute atomic E-state index is 0.0614. The molecule has 1 heterocycles. The van der Waals surface area contributed by atoms with E-state index in [1.165, 1.54) is 0 Å². The lowest BCUT2D eigenvalue weighted by Gasteiger charge is -2.30. The minimum Gasteiger partial charge on any atom is -0.187 e. The van der Waals surface area contributed by atoms with Gasteiger partial charge < -0.3 is 0 Å². The first-order chi connectivity index (χ1) is 8.39. The molecule has 1 aromatic rings. The van der Waals surface area contributed by atoms with Gasteiger partial charge in [-0.15, -0.1) is 6.58 Å². The van der Waals surface area contributed by atoms with Crippen LogP contribution in [0.25, 0.3) is 0 Å². The first kappa shape index (κ1) is 13.0. The molecule has 4 nitrogen and oxygen atoms in total. The van der Waals surface area contributed by atoms with Crippen molar-refractivity contribution in [1.82, 2.24) is 4.72 Å². The van der Waals surface area contributed by atoms with Crippen molar-refractivity contribution < 1.29 is 8.42 Å². The van der Waals surface area contributed by atoms with Gasteiger partial charge in [0.2, 0.25) is 0 Å². The Bertz CT molecular complexity index is 593. The van der Waals surface area contributed by atoms with Crippen molar-refractivity contribution in [3.63, 3.8) is 0 Å². The molecule has 0 aromatic heterocycles. The Kier molecular flexibility index (Phi) is 3.12. The second kappa shape index (κ2) is 4.33. The Morgan fingerprint density at radius 3 is 2.56 bits per heavy atom. The molecule has 2 rings (SSSR count). The molecule has 0 radical (unpaired) electrons. The maximum absolute atomic E-state index is 11.7. The van der Waals surface area contributed by atoms with Crippen LogP contribution in [0.1, 0.15) is 19.4 Å². The summed E-state index contributed by atoms with van der Waals surface area (Å²) in [5.41, 5.74) is 0.597. The first-order valence-corrected chi connectivity index (χ1v) is 7.15. The standard InChI is InChI=1S/C13H16N2O2S/c1-4-10(2)13(3)12(14-18(16,17)15-13)11-8-6-5-7-9-11/h4-10,15H,1H2,2-3H3/t10-,13-/m0/s1. The largest absolute Gasteiger partial charge is 0.320 e. The van der Waals surface area contributed by atoms with Crippen molar-refractivity contribution in [3.8, 4) is 0 Å². The zero-order valence-corrected chi connectivity index (χ0v) is 11.2. The number of hydrogen-bond acceptors (Lipinski definition) is 2. The van der Waals surface area contributed by atoms with E-state index < -0.39 is 15.7 Å². The summed E-state index contributed by atoms with van der Waals surface area (Å²) in [6.45, 7) is 7.48. The molecule has 0 bridgehead atoms. The summed E-state index contributed by atoms with van der Waals surface area (Å²) >= 11 is 0. The summed E-state index contributed by atoms with van der Waals surface area (Å²) in [7, 11) is -3.62. The molecular formula is C13H16N2O2S. The quantitative estimate of drug-likeness (QED) is 0.848. The fourth-order valence-electron chi connectivity index (χ4n) is 2.05. The highest BCUT2D eigenvalue weighted by Crippen LogP contribution is 2.30. The van der Waals surface area contributed by atoms with Crippen LogP contribution < -0.4 is 4.72 Å². The van der Waals surface area contributed by atoms with Crippen LogP contribution in [0.3, 0.4) is 0 Å². The van der Waals surface area contributed by atoms with Crippen LogP contribution in [0.15, 0.2) is 47.4 Å². The third-order valence-electron chi connectivity index (χ3n) is 3.36. The van der Waals surface area contributed by atoms with E-state index in [0.717, 1.165) is 5.56 Å². The molecule has 1 aliphatic rings. The topological polar surface area (TPSA) is 58.5 Å². The molecule has 1 aliphatic heterocycles. The Hall–Kier alpha value is -1.46. The fourth-order valence-corrected chi connectivity index (χ4v) is 3.45. The number of hydrogen-bond donors (Lipinski definition) is 1. The van der Waals surface area contributed by atoms with Crippen molar-refractivity contribution in [2.24, 2.45) is 10.3 Å². The Labute approximate surface area is 108 Å². The second-order valence-electron chi connectivity index (χ2n) is 4.61. The number of benzene rings is 1. The Morgan fingerprint density at radius 2 is 2.00 bits per heavy atom. The van der Waals surface area contributed by atoms with E-state index in [4.69, 9.17) is 0 Å². The van der Waals surface area contributed by atoms with E-state index in [0.29, 0.717) is 5.71 Å². The van der Waals surface area contributed by atoms with E-state index in [9.17, 15) is 8.42 Å². The molecule has 96 valence electrons.